The number of ether oxygens (including phenoxy) is 1. The maximum Gasteiger partial charge on any atom is 0.143 e. The molecule has 1 aromatic carbocycles. The van der Waals surface area contributed by atoms with E-state index >= 15 is 0 Å². The minimum absolute atomic E-state index is 0.165. The van der Waals surface area contributed by atoms with Gasteiger partial charge in [0.05, 0.1) is 18.3 Å². The second kappa shape index (κ2) is 4.67. The van der Waals surface area contributed by atoms with Crippen LogP contribution in [0, 0.1) is 24.2 Å². The third-order valence-electron chi connectivity index (χ3n) is 3.14. The molecule has 0 N–H and O–H groups in total. The Morgan fingerprint density at radius 3 is 2.94 bits per heavy atom. The van der Waals surface area contributed by atoms with Crippen LogP contribution in [-0.2, 0) is 0 Å². The number of fused-ring (bicyclic) bond motifs is 1. The zero-order valence-electron chi connectivity index (χ0n) is 10.6. The van der Waals surface area contributed by atoms with E-state index in [1.807, 2.05) is 12.1 Å². The molecule has 0 saturated heterocycles. The van der Waals surface area contributed by atoms with Gasteiger partial charge in [0, 0.05) is 0 Å². The van der Waals surface area contributed by atoms with Crippen LogP contribution in [0.2, 0.25) is 0 Å². The predicted molar refractivity (Wildman–Crippen MR) is 68.3 cm³/mol. The lowest BCUT2D eigenvalue weighted by molar-refractivity contribution is 0.146. The fraction of sp³-hybridized carbons (Fsp3) is 0.500. The van der Waals surface area contributed by atoms with Crippen molar-refractivity contribution in [2.45, 2.75) is 26.9 Å². The number of hydrogen-bond acceptors (Lipinski definition) is 3. The van der Waals surface area contributed by atoms with Gasteiger partial charge in [0.25, 0.3) is 0 Å². The molecule has 0 fully saturated rings. The third-order valence-corrected chi connectivity index (χ3v) is 3.14. The highest BCUT2D eigenvalue weighted by molar-refractivity contribution is 5.62. The van der Waals surface area contributed by atoms with Gasteiger partial charge in [-0.25, -0.2) is 0 Å². The quantitative estimate of drug-likeness (QED) is 0.733. The summed E-state index contributed by atoms with van der Waals surface area (Å²) in [6, 6.07) is 8.37. The zero-order valence-corrected chi connectivity index (χ0v) is 10.6. The molecule has 1 heterocycles. The Morgan fingerprint density at radius 2 is 2.29 bits per heavy atom. The van der Waals surface area contributed by atoms with Crippen LogP contribution >= 0.6 is 0 Å². The molecule has 1 aliphatic rings. The molecular formula is C14H18N2O. The van der Waals surface area contributed by atoms with Crippen molar-refractivity contribution >= 4 is 5.69 Å². The molecule has 0 aliphatic carbocycles. The van der Waals surface area contributed by atoms with Crippen LogP contribution < -0.4 is 9.64 Å². The predicted octanol–water partition coefficient (Wildman–Crippen LogP) is 2.74. The molecule has 1 unspecified atom stereocenters. The summed E-state index contributed by atoms with van der Waals surface area (Å²) in [5, 5.41) is 8.91. The largest absolute Gasteiger partial charge is 0.486 e. The number of nitrogens with zero attached hydrogens (tertiary/aromatic N) is 2. The van der Waals surface area contributed by atoms with Crippen molar-refractivity contribution in [3.8, 4) is 11.8 Å². The molecule has 1 aromatic rings. The Hall–Kier alpha value is -1.69. The number of benzene rings is 1. The first-order valence-electron chi connectivity index (χ1n) is 6.01. The van der Waals surface area contributed by atoms with Crippen LogP contribution in [0.15, 0.2) is 18.2 Å². The van der Waals surface area contributed by atoms with E-state index in [1.165, 1.54) is 5.56 Å². The van der Waals surface area contributed by atoms with Gasteiger partial charge in [-0.1, -0.05) is 19.9 Å². The van der Waals surface area contributed by atoms with Crippen LogP contribution in [0.3, 0.4) is 0 Å². The number of aryl methyl sites for hydroxylation is 1. The average Bonchev–Trinajstić information content (AvgIpc) is 2.29. The van der Waals surface area contributed by atoms with Crippen molar-refractivity contribution in [1.82, 2.24) is 0 Å². The Kier molecular flexibility index (Phi) is 3.23. The molecule has 0 radical (unpaired) electrons. The highest BCUT2D eigenvalue weighted by atomic mass is 16.5. The van der Waals surface area contributed by atoms with E-state index in [9.17, 15) is 0 Å². The maximum atomic E-state index is 8.91. The van der Waals surface area contributed by atoms with Crippen molar-refractivity contribution < 1.29 is 4.74 Å². The molecule has 2 rings (SSSR count). The van der Waals surface area contributed by atoms with E-state index in [4.69, 9.17) is 10.00 Å². The van der Waals surface area contributed by atoms with E-state index in [0.29, 0.717) is 12.5 Å². The van der Waals surface area contributed by atoms with Gasteiger partial charge in [0.1, 0.15) is 18.4 Å². The summed E-state index contributed by atoms with van der Waals surface area (Å²) in [5.41, 5.74) is 2.24. The van der Waals surface area contributed by atoms with Crippen molar-refractivity contribution in [2.24, 2.45) is 5.92 Å². The summed E-state index contributed by atoms with van der Waals surface area (Å²) in [6.45, 7) is 7.56. The molecule has 3 heteroatoms. The van der Waals surface area contributed by atoms with E-state index in [0.717, 1.165) is 18.0 Å². The first kappa shape index (κ1) is 11.8. The molecule has 17 heavy (non-hydrogen) atoms. The summed E-state index contributed by atoms with van der Waals surface area (Å²) in [7, 11) is 0. The number of rotatable bonds is 2. The van der Waals surface area contributed by atoms with Crippen LogP contribution in [0.25, 0.3) is 0 Å². The number of hydrogen-bond donors (Lipinski definition) is 0. The molecule has 90 valence electrons. The van der Waals surface area contributed by atoms with Gasteiger partial charge >= 0.3 is 0 Å². The Labute approximate surface area is 103 Å². The van der Waals surface area contributed by atoms with Gasteiger partial charge < -0.3 is 9.64 Å². The topological polar surface area (TPSA) is 36.3 Å². The first-order valence-corrected chi connectivity index (χ1v) is 6.01. The highest BCUT2D eigenvalue weighted by Crippen LogP contribution is 2.35. The fourth-order valence-corrected chi connectivity index (χ4v) is 2.07. The second-order valence-corrected chi connectivity index (χ2v) is 4.91. The van der Waals surface area contributed by atoms with E-state index in [-0.39, 0.29) is 6.10 Å². The SMILES string of the molecule is Cc1ccc2c(c1)N(CC#N)CC(C(C)C)O2. The van der Waals surface area contributed by atoms with E-state index in [1.54, 1.807) is 0 Å². The lowest BCUT2D eigenvalue weighted by atomic mass is 10.0. The number of nitriles is 1. The summed E-state index contributed by atoms with van der Waals surface area (Å²) >= 11 is 0. The monoisotopic (exact) mass is 230 g/mol. The van der Waals surface area contributed by atoms with Crippen molar-refractivity contribution in [2.75, 3.05) is 18.0 Å². The molecule has 1 atom stereocenters. The van der Waals surface area contributed by atoms with E-state index < -0.39 is 0 Å². The van der Waals surface area contributed by atoms with Crippen LogP contribution in [0.5, 0.6) is 5.75 Å². The summed E-state index contributed by atoms with van der Waals surface area (Å²) < 4.78 is 5.97. The Morgan fingerprint density at radius 1 is 1.53 bits per heavy atom. The average molecular weight is 230 g/mol. The van der Waals surface area contributed by atoms with Gasteiger partial charge in [0.2, 0.25) is 0 Å². The minimum atomic E-state index is 0.165. The van der Waals surface area contributed by atoms with Gasteiger partial charge in [-0.2, -0.15) is 5.26 Å². The second-order valence-electron chi connectivity index (χ2n) is 4.91. The zero-order chi connectivity index (χ0) is 12.4. The van der Waals surface area contributed by atoms with Crippen LogP contribution in [0.4, 0.5) is 5.69 Å². The minimum Gasteiger partial charge on any atom is -0.486 e. The van der Waals surface area contributed by atoms with Crippen LogP contribution in [0.1, 0.15) is 19.4 Å². The molecular weight excluding hydrogens is 212 g/mol. The Balaban J connectivity index is 2.35. The van der Waals surface area contributed by atoms with Gasteiger partial charge in [0.15, 0.2) is 0 Å². The standard InChI is InChI=1S/C14H18N2O/c1-10(2)14-9-16(7-6-15)12-8-11(3)4-5-13(12)17-14/h4-5,8,10,14H,7,9H2,1-3H3. The van der Waals surface area contributed by atoms with Crippen molar-refractivity contribution in [1.29, 1.82) is 5.26 Å². The Bertz CT molecular complexity index is 448. The first-order chi connectivity index (χ1) is 8.11. The molecule has 0 bridgehead atoms. The normalized spacial score (nSPS) is 18.5. The lowest BCUT2D eigenvalue weighted by Gasteiger charge is -2.36. The molecule has 1 aliphatic heterocycles. The molecule has 0 aromatic heterocycles. The molecule has 0 saturated carbocycles. The molecule has 0 amide bonds. The summed E-state index contributed by atoms with van der Waals surface area (Å²) in [6.07, 6.45) is 0.165. The van der Waals surface area contributed by atoms with E-state index in [2.05, 4.69) is 37.8 Å². The van der Waals surface area contributed by atoms with Crippen molar-refractivity contribution in [3.05, 3.63) is 23.8 Å². The third kappa shape index (κ3) is 2.36. The summed E-state index contributed by atoms with van der Waals surface area (Å²) in [4.78, 5) is 2.11. The lowest BCUT2D eigenvalue weighted by Crippen LogP contribution is -2.42. The summed E-state index contributed by atoms with van der Waals surface area (Å²) in [5.74, 6) is 1.35. The number of anilines is 1. The highest BCUT2D eigenvalue weighted by Gasteiger charge is 2.27. The van der Waals surface area contributed by atoms with Crippen molar-refractivity contribution in [3.63, 3.8) is 0 Å². The maximum absolute atomic E-state index is 8.91. The van der Waals surface area contributed by atoms with Gasteiger partial charge in [-0.05, 0) is 30.5 Å². The fourth-order valence-electron chi connectivity index (χ4n) is 2.07. The molecule has 3 nitrogen and oxygen atoms in total. The van der Waals surface area contributed by atoms with Gasteiger partial charge in [-0.15, -0.1) is 0 Å². The molecule has 0 spiro atoms. The van der Waals surface area contributed by atoms with Gasteiger partial charge in [-0.3, -0.25) is 0 Å². The smallest absolute Gasteiger partial charge is 0.143 e. The van der Waals surface area contributed by atoms with Crippen LogP contribution in [-0.4, -0.2) is 19.2 Å².